The quantitative estimate of drug-likeness (QED) is 0.810. The zero-order valence-electron chi connectivity index (χ0n) is 11.9. The molecular formula is C18H11ClO4. The Balaban J connectivity index is 1.77. The van der Waals surface area contributed by atoms with Crippen LogP contribution in [0.5, 0.6) is 0 Å². The summed E-state index contributed by atoms with van der Waals surface area (Å²) in [4.78, 5) is 36.4. The highest BCUT2D eigenvalue weighted by Crippen LogP contribution is 2.22. The van der Waals surface area contributed by atoms with Gasteiger partial charge in [-0.05, 0) is 18.2 Å². The third-order valence-electron chi connectivity index (χ3n) is 3.49. The highest BCUT2D eigenvalue weighted by molar-refractivity contribution is 6.33. The van der Waals surface area contributed by atoms with Gasteiger partial charge in [-0.15, -0.1) is 0 Å². The lowest BCUT2D eigenvalue weighted by atomic mass is 9.90. The van der Waals surface area contributed by atoms with E-state index >= 15 is 0 Å². The maximum absolute atomic E-state index is 12.3. The van der Waals surface area contributed by atoms with E-state index in [4.69, 9.17) is 16.3 Å². The summed E-state index contributed by atoms with van der Waals surface area (Å²) in [5.41, 5.74) is 1.04. The van der Waals surface area contributed by atoms with Crippen molar-refractivity contribution in [2.75, 3.05) is 6.61 Å². The van der Waals surface area contributed by atoms with E-state index in [1.807, 2.05) is 0 Å². The topological polar surface area (TPSA) is 60.4 Å². The van der Waals surface area contributed by atoms with Gasteiger partial charge in [0.25, 0.3) is 0 Å². The van der Waals surface area contributed by atoms with Gasteiger partial charge in [0.1, 0.15) is 6.61 Å². The highest BCUT2D eigenvalue weighted by Gasteiger charge is 2.26. The fraction of sp³-hybridized carbons (Fsp3) is 0.0556. The van der Waals surface area contributed by atoms with Crippen LogP contribution in [0.4, 0.5) is 0 Å². The van der Waals surface area contributed by atoms with E-state index in [1.165, 1.54) is 12.1 Å². The lowest BCUT2D eigenvalue weighted by Gasteiger charge is -2.15. The van der Waals surface area contributed by atoms with Crippen LogP contribution in [0.25, 0.3) is 0 Å². The first-order valence-electron chi connectivity index (χ1n) is 6.88. The Hall–Kier alpha value is -2.72. The molecule has 0 unspecified atom stereocenters. The molecule has 0 saturated heterocycles. The first-order chi connectivity index (χ1) is 11.1. The van der Waals surface area contributed by atoms with E-state index in [1.54, 1.807) is 42.5 Å². The normalized spacial score (nSPS) is 13.3. The molecule has 2 aromatic carbocycles. The van der Waals surface area contributed by atoms with E-state index in [0.29, 0.717) is 11.1 Å². The summed E-state index contributed by atoms with van der Waals surface area (Å²) >= 11 is 5.92. The summed E-state index contributed by atoms with van der Waals surface area (Å²) in [5, 5.41) is 0.267. The van der Waals surface area contributed by atoms with Crippen molar-refractivity contribution in [3.63, 3.8) is 0 Å². The first-order valence-corrected chi connectivity index (χ1v) is 7.26. The molecule has 0 fully saturated rings. The van der Waals surface area contributed by atoms with E-state index in [-0.39, 0.29) is 34.3 Å². The minimum Gasteiger partial charge on any atom is -0.457 e. The second kappa shape index (κ2) is 6.18. The van der Waals surface area contributed by atoms with Crippen LogP contribution < -0.4 is 0 Å². The number of esters is 1. The van der Waals surface area contributed by atoms with Gasteiger partial charge in [-0.3, -0.25) is 9.59 Å². The SMILES string of the molecule is O=C(OCC1=CC(=O)c2ccccc2C1=O)c1ccccc1Cl. The summed E-state index contributed by atoms with van der Waals surface area (Å²) in [6.45, 7) is -0.275. The van der Waals surface area contributed by atoms with Gasteiger partial charge in [0, 0.05) is 16.7 Å². The molecule has 2 aromatic rings. The standard InChI is InChI=1S/C18H11ClO4/c19-15-8-4-3-7-14(15)18(22)23-10-11-9-16(20)12-5-1-2-6-13(12)17(11)21/h1-9H,10H2. The third-order valence-corrected chi connectivity index (χ3v) is 3.82. The number of rotatable bonds is 3. The minimum atomic E-state index is -0.643. The van der Waals surface area contributed by atoms with Crippen molar-refractivity contribution in [2.24, 2.45) is 0 Å². The Morgan fingerprint density at radius 1 is 0.957 bits per heavy atom. The number of carbonyl (C=O) groups is 3. The predicted octanol–water partition coefficient (Wildman–Crippen LogP) is 3.50. The maximum atomic E-state index is 12.3. The Labute approximate surface area is 137 Å². The number of halogens is 1. The molecular weight excluding hydrogens is 316 g/mol. The van der Waals surface area contributed by atoms with Gasteiger partial charge >= 0.3 is 5.97 Å². The van der Waals surface area contributed by atoms with Crippen LogP contribution in [0.1, 0.15) is 31.1 Å². The number of ketones is 2. The fourth-order valence-corrected chi connectivity index (χ4v) is 2.54. The van der Waals surface area contributed by atoms with Crippen molar-refractivity contribution in [1.82, 2.24) is 0 Å². The molecule has 0 heterocycles. The number of allylic oxidation sites excluding steroid dienone is 1. The number of hydrogen-bond donors (Lipinski definition) is 0. The lowest BCUT2D eigenvalue weighted by Crippen LogP contribution is -2.21. The van der Waals surface area contributed by atoms with Crippen LogP contribution >= 0.6 is 11.6 Å². The number of hydrogen-bond acceptors (Lipinski definition) is 4. The summed E-state index contributed by atoms with van der Waals surface area (Å²) in [5.74, 6) is -1.23. The average Bonchev–Trinajstić information content (AvgIpc) is 2.57. The minimum absolute atomic E-state index is 0.147. The molecule has 0 spiro atoms. The van der Waals surface area contributed by atoms with E-state index < -0.39 is 5.97 Å². The van der Waals surface area contributed by atoms with Crippen LogP contribution in [0.3, 0.4) is 0 Å². The zero-order valence-corrected chi connectivity index (χ0v) is 12.7. The molecule has 1 aliphatic rings. The van der Waals surface area contributed by atoms with Gasteiger partial charge in [-0.2, -0.15) is 0 Å². The smallest absolute Gasteiger partial charge is 0.339 e. The monoisotopic (exact) mass is 326 g/mol. The zero-order chi connectivity index (χ0) is 16.4. The second-order valence-electron chi connectivity index (χ2n) is 4.96. The first kappa shape index (κ1) is 15.2. The van der Waals surface area contributed by atoms with Gasteiger partial charge < -0.3 is 4.74 Å². The van der Waals surface area contributed by atoms with Gasteiger partial charge in [-0.1, -0.05) is 48.0 Å². The number of fused-ring (bicyclic) bond motifs is 1. The van der Waals surface area contributed by atoms with Crippen molar-refractivity contribution >= 4 is 29.1 Å². The van der Waals surface area contributed by atoms with Crippen LogP contribution in [-0.4, -0.2) is 24.1 Å². The molecule has 0 saturated carbocycles. The summed E-state index contributed by atoms with van der Waals surface area (Å²) < 4.78 is 5.12. The molecule has 1 aliphatic carbocycles. The molecule has 0 aromatic heterocycles. The molecule has 0 N–H and O–H groups in total. The highest BCUT2D eigenvalue weighted by atomic mass is 35.5. The van der Waals surface area contributed by atoms with Crippen LogP contribution in [0, 0.1) is 0 Å². The van der Waals surface area contributed by atoms with Gasteiger partial charge in [0.15, 0.2) is 11.6 Å². The van der Waals surface area contributed by atoms with Crippen LogP contribution in [0.15, 0.2) is 60.2 Å². The predicted molar refractivity (Wildman–Crippen MR) is 84.9 cm³/mol. The Bertz CT molecular complexity index is 852. The number of carbonyl (C=O) groups excluding carboxylic acids is 3. The second-order valence-corrected chi connectivity index (χ2v) is 5.37. The summed E-state index contributed by atoms with van der Waals surface area (Å²) in [6, 6.07) is 13.0. The van der Waals surface area contributed by atoms with Crippen molar-refractivity contribution in [2.45, 2.75) is 0 Å². The van der Waals surface area contributed by atoms with E-state index in [0.717, 1.165) is 0 Å². The van der Waals surface area contributed by atoms with E-state index in [2.05, 4.69) is 0 Å². The number of ether oxygens (including phenoxy) is 1. The Morgan fingerprint density at radius 2 is 1.61 bits per heavy atom. The maximum Gasteiger partial charge on any atom is 0.339 e. The summed E-state index contributed by atoms with van der Waals surface area (Å²) in [7, 11) is 0. The Kier molecular flexibility index (Phi) is 4.08. The largest absolute Gasteiger partial charge is 0.457 e. The molecule has 23 heavy (non-hydrogen) atoms. The molecule has 0 radical (unpaired) electrons. The van der Waals surface area contributed by atoms with Crippen molar-refractivity contribution in [1.29, 1.82) is 0 Å². The van der Waals surface area contributed by atoms with Gasteiger partial charge in [0.2, 0.25) is 0 Å². The van der Waals surface area contributed by atoms with E-state index in [9.17, 15) is 14.4 Å². The Morgan fingerprint density at radius 3 is 2.35 bits per heavy atom. The molecule has 0 bridgehead atoms. The molecule has 5 heteroatoms. The molecule has 4 nitrogen and oxygen atoms in total. The van der Waals surface area contributed by atoms with Crippen molar-refractivity contribution in [3.8, 4) is 0 Å². The van der Waals surface area contributed by atoms with Crippen molar-refractivity contribution in [3.05, 3.63) is 81.9 Å². The summed E-state index contributed by atoms with van der Waals surface area (Å²) in [6.07, 6.45) is 1.21. The number of benzene rings is 2. The number of Topliss-reactive ketones (excluding diaryl/α,β-unsaturated/α-hetero) is 1. The molecule has 3 rings (SSSR count). The van der Waals surface area contributed by atoms with Crippen molar-refractivity contribution < 1.29 is 19.1 Å². The van der Waals surface area contributed by atoms with Crippen LogP contribution in [-0.2, 0) is 4.74 Å². The molecule has 0 atom stereocenters. The van der Waals surface area contributed by atoms with Gasteiger partial charge in [0.05, 0.1) is 10.6 Å². The molecule has 114 valence electrons. The molecule has 0 amide bonds. The lowest BCUT2D eigenvalue weighted by molar-refractivity contribution is 0.0535. The molecule has 0 aliphatic heterocycles. The van der Waals surface area contributed by atoms with Gasteiger partial charge in [-0.25, -0.2) is 4.79 Å². The average molecular weight is 327 g/mol. The fourth-order valence-electron chi connectivity index (χ4n) is 2.33. The van der Waals surface area contributed by atoms with Crippen LogP contribution in [0.2, 0.25) is 5.02 Å². The third kappa shape index (κ3) is 2.94.